The molecule has 0 aliphatic carbocycles. The van der Waals surface area contributed by atoms with Crippen molar-refractivity contribution in [1.82, 2.24) is 4.57 Å². The Bertz CT molecular complexity index is 6170. The fourth-order valence-electron chi connectivity index (χ4n) is 17.1. The van der Waals surface area contributed by atoms with Crippen LogP contribution in [0.4, 0.5) is 34.1 Å². The van der Waals surface area contributed by atoms with Crippen LogP contribution in [0.1, 0.15) is 132 Å². The van der Waals surface area contributed by atoms with Crippen LogP contribution in [0.5, 0.6) is 0 Å². The average molecular weight is 1410 g/mol. The lowest BCUT2D eigenvalue weighted by molar-refractivity contribution is 0.568. The van der Waals surface area contributed by atoms with Gasteiger partial charge in [0.15, 0.2) is 0 Å². The van der Waals surface area contributed by atoms with Crippen molar-refractivity contribution in [2.24, 2.45) is 0 Å². The lowest BCUT2D eigenvalue weighted by Crippen LogP contribution is -2.61. The van der Waals surface area contributed by atoms with Crippen LogP contribution in [0.2, 0.25) is 0 Å². The van der Waals surface area contributed by atoms with Gasteiger partial charge in [-0.25, -0.2) is 0 Å². The van der Waals surface area contributed by atoms with Crippen molar-refractivity contribution in [3.8, 4) is 72.4 Å². The lowest BCUT2D eigenvalue weighted by Gasteiger charge is -2.45. The Morgan fingerprint density at radius 3 is 1.19 bits per heavy atom. The number of hydrogen-bond donors (Lipinski definition) is 0. The van der Waals surface area contributed by atoms with Crippen LogP contribution in [0, 0.1) is 0 Å². The van der Waals surface area contributed by atoms with E-state index in [4.69, 9.17) is 4.42 Å². The third-order valence-electron chi connectivity index (χ3n) is 23.3. The van der Waals surface area contributed by atoms with Crippen molar-refractivity contribution >= 4 is 101 Å². The first kappa shape index (κ1) is 69.1. The molecule has 18 rings (SSSR count). The third kappa shape index (κ3) is 12.1. The first-order chi connectivity index (χ1) is 52.2. The molecule has 2 aliphatic rings. The van der Waals surface area contributed by atoms with Crippen molar-refractivity contribution < 1.29 is 4.42 Å². The first-order valence-corrected chi connectivity index (χ1v) is 39.0. The molecule has 0 atom stereocenters. The summed E-state index contributed by atoms with van der Waals surface area (Å²) >= 11 is 0. The van der Waals surface area contributed by atoms with Crippen molar-refractivity contribution in [3.05, 3.63) is 325 Å². The van der Waals surface area contributed by atoms with E-state index in [1.54, 1.807) is 0 Å². The van der Waals surface area contributed by atoms with Crippen LogP contribution >= 0.6 is 0 Å². The Hall–Kier alpha value is -11.7. The molecule has 0 radical (unpaired) electrons. The van der Waals surface area contributed by atoms with Gasteiger partial charge in [0.25, 0.3) is 6.71 Å². The Labute approximate surface area is 644 Å². The summed E-state index contributed by atoms with van der Waals surface area (Å²) in [4.78, 5) is 5.34. The molecule has 0 bridgehead atoms. The molecule has 0 saturated carbocycles. The minimum absolute atomic E-state index is 0.0483. The Morgan fingerprint density at radius 2 is 0.633 bits per heavy atom. The molecule has 4 heterocycles. The number of para-hydroxylation sites is 3. The monoisotopic (exact) mass is 1410 g/mol. The van der Waals surface area contributed by atoms with E-state index in [0.29, 0.717) is 0 Å². The van der Waals surface area contributed by atoms with Crippen LogP contribution in [0.15, 0.2) is 302 Å². The van der Waals surface area contributed by atoms with Gasteiger partial charge >= 0.3 is 0 Å². The molecule has 0 fully saturated rings. The van der Waals surface area contributed by atoms with E-state index in [-0.39, 0.29) is 33.8 Å². The summed E-state index contributed by atoms with van der Waals surface area (Å²) in [6, 6.07) is 114. The molecule has 0 N–H and O–H groups in total. The van der Waals surface area contributed by atoms with E-state index in [9.17, 15) is 0 Å². The number of nitrogens with zero attached hydrogens (tertiary/aromatic N) is 3. The molecular weight excluding hydrogens is 1320 g/mol. The Balaban J connectivity index is 0.972. The largest absolute Gasteiger partial charge is 0.456 e. The van der Waals surface area contributed by atoms with Gasteiger partial charge in [-0.1, -0.05) is 304 Å². The smallest absolute Gasteiger partial charge is 0.252 e. The second-order valence-electron chi connectivity index (χ2n) is 35.9. The van der Waals surface area contributed by atoms with Gasteiger partial charge in [-0.3, -0.25) is 0 Å². The van der Waals surface area contributed by atoms with E-state index < -0.39 is 0 Å². The van der Waals surface area contributed by atoms with Crippen molar-refractivity contribution in [2.75, 3.05) is 9.80 Å². The molecule has 0 saturated heterocycles. The fraction of sp³-hybridized carbons (Fsp3) is 0.192. The van der Waals surface area contributed by atoms with E-state index in [0.717, 1.165) is 106 Å². The maximum Gasteiger partial charge on any atom is 0.252 e. The minimum atomic E-state index is -0.221. The molecule has 4 nitrogen and oxygen atoms in total. The molecule has 16 aromatic rings. The summed E-state index contributed by atoms with van der Waals surface area (Å²) < 4.78 is 9.08. The predicted octanol–water partition coefficient (Wildman–Crippen LogP) is 27.3. The standard InChI is InChI=1S/C104H94BN3O/c1-100(2,3)75-51-72(52-76(61-75)101(4,5)6)65-39-45-81(46-40-65)107-92-58-71(73-53-77(102(7,8)9)62-78(54-73)103(10,11)12)42-48-88(92)105-89-47-41-70(68-43-49-91-86(55-68)82-35-25-27-37-90(82)106(91)80-33-23-18-24-34-80)57-93(89)108(95-60-74(59-94(107)98(95)105)69-44-50-97-87(56-69)83-36-26-28-38-96(83)109-97)99-84(66-29-19-16-20-30-66)63-79(104(13,14)15)64-85(99)67-31-21-17-22-32-67/h16-64H,1-15H3. The van der Waals surface area contributed by atoms with Gasteiger partial charge in [-0.15, -0.1) is 0 Å². The molecule has 14 aromatic carbocycles. The lowest BCUT2D eigenvalue weighted by atomic mass is 9.33. The molecule has 0 amide bonds. The van der Waals surface area contributed by atoms with Gasteiger partial charge in [0.1, 0.15) is 11.2 Å². The van der Waals surface area contributed by atoms with Crippen molar-refractivity contribution in [3.63, 3.8) is 0 Å². The Kier molecular flexibility index (Phi) is 16.2. The second-order valence-corrected chi connectivity index (χ2v) is 35.9. The van der Waals surface area contributed by atoms with Gasteiger partial charge in [-0.2, -0.15) is 0 Å². The number of furan rings is 1. The summed E-state index contributed by atoms with van der Waals surface area (Å²) in [5.41, 5.74) is 35.7. The number of aromatic nitrogens is 1. The van der Waals surface area contributed by atoms with Gasteiger partial charge in [0, 0.05) is 66.8 Å². The van der Waals surface area contributed by atoms with Crippen LogP contribution in [0.3, 0.4) is 0 Å². The maximum atomic E-state index is 6.66. The van der Waals surface area contributed by atoms with Crippen molar-refractivity contribution in [2.45, 2.75) is 131 Å². The highest BCUT2D eigenvalue weighted by molar-refractivity contribution is 7.00. The first-order valence-electron chi connectivity index (χ1n) is 39.0. The van der Waals surface area contributed by atoms with E-state index >= 15 is 0 Å². The summed E-state index contributed by atoms with van der Waals surface area (Å²) in [6.45, 7) is 34.9. The molecule has 0 unspecified atom stereocenters. The highest BCUT2D eigenvalue weighted by Gasteiger charge is 2.45. The number of rotatable bonds is 9. The van der Waals surface area contributed by atoms with Crippen molar-refractivity contribution in [1.29, 1.82) is 0 Å². The Morgan fingerprint density at radius 1 is 0.248 bits per heavy atom. The average Bonchev–Trinajstić information content (AvgIpc) is 1.45. The van der Waals surface area contributed by atoms with E-state index in [2.05, 4.69) is 415 Å². The van der Waals surface area contributed by atoms with Gasteiger partial charge < -0.3 is 18.8 Å². The molecule has 5 heteroatoms. The molecule has 534 valence electrons. The zero-order chi connectivity index (χ0) is 75.4. The summed E-state index contributed by atoms with van der Waals surface area (Å²) in [5.74, 6) is 0. The van der Waals surface area contributed by atoms with Gasteiger partial charge in [-0.05, 0) is 224 Å². The molecule has 2 aliphatic heterocycles. The number of hydrogen-bond acceptors (Lipinski definition) is 3. The molecule has 2 aromatic heterocycles. The second kappa shape index (κ2) is 25.5. The van der Waals surface area contributed by atoms with Crippen LogP contribution in [0.25, 0.3) is 116 Å². The highest BCUT2D eigenvalue weighted by atomic mass is 16.3. The summed E-state index contributed by atoms with van der Waals surface area (Å²) in [7, 11) is 0. The number of anilines is 6. The fourth-order valence-corrected chi connectivity index (χ4v) is 17.1. The zero-order valence-electron chi connectivity index (χ0n) is 65.6. The number of benzene rings is 14. The van der Waals surface area contributed by atoms with E-state index in [1.807, 2.05) is 0 Å². The molecule has 0 spiro atoms. The van der Waals surface area contributed by atoms with Crippen LogP contribution < -0.4 is 26.2 Å². The SMILES string of the molecule is CC(C)(C)c1cc(-c2ccc(N3c4cc(-c5cc(C(C)(C)C)cc(C(C)(C)C)c5)ccc4B4c5ccc(-c6ccc7c(c6)c6ccccc6n7-c6ccccc6)cc5N(c5c(-c6ccccc6)cc(C(C)(C)C)cc5-c5ccccc5)c5cc(-c6ccc7oc8ccccc8c7c6)cc3c54)cc2)cc(C(C)(C)C)c1. The molecular formula is C104H94BN3O. The topological polar surface area (TPSA) is 24.6 Å². The zero-order valence-corrected chi connectivity index (χ0v) is 65.6. The quantitative estimate of drug-likeness (QED) is 0.135. The predicted molar refractivity (Wildman–Crippen MR) is 468 cm³/mol. The van der Waals surface area contributed by atoms with Gasteiger partial charge in [0.05, 0.1) is 16.7 Å². The van der Waals surface area contributed by atoms with Gasteiger partial charge in [0.2, 0.25) is 0 Å². The molecule has 109 heavy (non-hydrogen) atoms. The number of fused-ring (bicyclic) bond motifs is 10. The maximum absolute atomic E-state index is 6.66. The van der Waals surface area contributed by atoms with Crippen LogP contribution in [-0.2, 0) is 27.1 Å². The summed E-state index contributed by atoms with van der Waals surface area (Å²) in [5, 5.41) is 4.62. The normalized spacial score (nSPS) is 13.2. The van der Waals surface area contributed by atoms with E-state index in [1.165, 1.54) is 88.3 Å². The van der Waals surface area contributed by atoms with Crippen LogP contribution in [-0.4, -0.2) is 11.3 Å². The highest BCUT2D eigenvalue weighted by Crippen LogP contribution is 2.54. The third-order valence-corrected chi connectivity index (χ3v) is 23.3. The minimum Gasteiger partial charge on any atom is -0.456 e. The summed E-state index contributed by atoms with van der Waals surface area (Å²) in [6.07, 6.45) is 0.